The van der Waals surface area contributed by atoms with Crippen molar-refractivity contribution in [2.45, 2.75) is 64.1 Å². The number of nitrogens with one attached hydrogen (secondary N) is 1. The van der Waals surface area contributed by atoms with E-state index in [0.717, 1.165) is 18.4 Å². The topological polar surface area (TPSA) is 135 Å². The summed E-state index contributed by atoms with van der Waals surface area (Å²) in [6, 6.07) is 7.65. The Morgan fingerprint density at radius 3 is 2.51 bits per heavy atom. The number of rotatable bonds is 9. The first-order chi connectivity index (χ1) is 17.5. The zero-order valence-electron chi connectivity index (χ0n) is 20.7. The molecule has 1 aromatic heterocycles. The molecule has 9 nitrogen and oxygen atoms in total. The monoisotopic (exact) mass is 508 g/mol. The molecule has 0 radical (unpaired) electrons. The highest BCUT2D eigenvalue weighted by atomic mass is 19.3. The minimum atomic E-state index is -2.88. The van der Waals surface area contributed by atoms with Crippen molar-refractivity contribution in [1.82, 2.24) is 14.9 Å². The summed E-state index contributed by atoms with van der Waals surface area (Å²) in [4.78, 5) is 22.5. The van der Waals surface area contributed by atoms with Gasteiger partial charge in [-0.15, -0.1) is 0 Å². The fourth-order valence-electron chi connectivity index (χ4n) is 4.60. The first-order valence-electron chi connectivity index (χ1n) is 11.8. The second-order valence-corrected chi connectivity index (χ2v) is 9.52. The van der Waals surface area contributed by atoms with E-state index < -0.39 is 30.1 Å². The van der Waals surface area contributed by atoms with Gasteiger partial charge in [0.25, 0.3) is 12.3 Å². The summed E-state index contributed by atoms with van der Waals surface area (Å²) in [6.07, 6.45) is 2.57. The third-order valence-electron chi connectivity index (χ3n) is 6.62. The Bertz CT molecular complexity index is 1330. The summed E-state index contributed by atoms with van der Waals surface area (Å²) in [6.45, 7) is 3.82. The molecule has 1 fully saturated rings. The molecule has 1 aliphatic heterocycles. The number of carbonyl (C=O) groups excluding carboxylic acids is 1. The van der Waals surface area contributed by atoms with Crippen LogP contribution in [0, 0.1) is 36.5 Å². The highest BCUT2D eigenvalue weighted by Gasteiger charge is 2.51. The molecular formula is C26H26F2N6O3. The summed E-state index contributed by atoms with van der Waals surface area (Å²) in [5.41, 5.74) is -0.685. The Morgan fingerprint density at radius 2 is 1.95 bits per heavy atom. The lowest BCUT2D eigenvalue weighted by Crippen LogP contribution is -2.44. The number of alkyl halides is 2. The van der Waals surface area contributed by atoms with Gasteiger partial charge < -0.3 is 15.2 Å². The van der Waals surface area contributed by atoms with Crippen molar-refractivity contribution in [3.8, 4) is 23.8 Å². The van der Waals surface area contributed by atoms with E-state index in [1.165, 1.54) is 13.0 Å². The van der Waals surface area contributed by atoms with E-state index in [0.29, 0.717) is 34.6 Å². The van der Waals surface area contributed by atoms with Crippen LogP contribution in [0.3, 0.4) is 0 Å². The molecule has 0 spiro atoms. The molecule has 0 saturated heterocycles. The molecule has 11 heteroatoms. The molecule has 0 bridgehead atoms. The Balaban J connectivity index is 1.80. The molecule has 4 rings (SSSR count). The molecule has 192 valence electrons. The average molecular weight is 509 g/mol. The summed E-state index contributed by atoms with van der Waals surface area (Å²) in [5.74, 6) is -0.536. The standard InChI is InChI=1S/C26H26F2N6O3/c1-15-12-17(6-4-10-29)13-16(2)21(15)37-22-19-20(23(35)34(14-18(27)28)25(19,3)36)31-24(32-22)33-26(8-9-26)7-5-11-30/h4,6,12-13,18,36H,5,7-9,14H2,1-3H3,(H,31,32,33)/b6-4+. The number of hydrogen-bond acceptors (Lipinski definition) is 8. The number of benzene rings is 1. The van der Waals surface area contributed by atoms with Gasteiger partial charge in [-0.3, -0.25) is 9.69 Å². The van der Waals surface area contributed by atoms with Crippen molar-refractivity contribution >= 4 is 17.9 Å². The van der Waals surface area contributed by atoms with E-state index in [4.69, 9.17) is 15.3 Å². The number of halogens is 2. The third kappa shape index (κ3) is 5.09. The van der Waals surface area contributed by atoms with Gasteiger partial charge in [0.1, 0.15) is 11.4 Å². The number of carbonyl (C=O) groups is 1. The molecule has 2 aromatic rings. The van der Waals surface area contributed by atoms with Crippen LogP contribution in [0.25, 0.3) is 6.08 Å². The van der Waals surface area contributed by atoms with E-state index in [9.17, 15) is 18.7 Å². The molecule has 1 saturated carbocycles. The zero-order valence-corrected chi connectivity index (χ0v) is 20.7. The first-order valence-corrected chi connectivity index (χ1v) is 11.8. The van der Waals surface area contributed by atoms with Gasteiger partial charge in [-0.05, 0) is 74.9 Å². The molecule has 1 atom stereocenters. The quantitative estimate of drug-likeness (QED) is 0.471. The maximum absolute atomic E-state index is 13.3. The maximum atomic E-state index is 13.3. The summed E-state index contributed by atoms with van der Waals surface area (Å²) >= 11 is 0. The van der Waals surface area contributed by atoms with Crippen molar-refractivity contribution in [1.29, 1.82) is 10.5 Å². The van der Waals surface area contributed by atoms with Gasteiger partial charge in [-0.2, -0.15) is 15.5 Å². The van der Waals surface area contributed by atoms with Crippen LogP contribution in [-0.4, -0.2) is 44.4 Å². The molecule has 1 aromatic carbocycles. The average Bonchev–Trinajstić information content (AvgIpc) is 3.56. The van der Waals surface area contributed by atoms with Crippen molar-refractivity contribution in [3.05, 3.63) is 46.2 Å². The number of aliphatic hydroxyl groups is 1. The Morgan fingerprint density at radius 1 is 1.27 bits per heavy atom. The Labute approximate surface area is 213 Å². The molecule has 1 amide bonds. The number of aryl methyl sites for hydroxylation is 2. The van der Waals surface area contributed by atoms with Gasteiger partial charge >= 0.3 is 0 Å². The van der Waals surface area contributed by atoms with E-state index in [-0.39, 0.29) is 23.1 Å². The summed E-state index contributed by atoms with van der Waals surface area (Å²) in [5, 5.41) is 32.2. The predicted molar refractivity (Wildman–Crippen MR) is 130 cm³/mol. The number of fused-ring (bicyclic) bond motifs is 1. The molecule has 1 unspecified atom stereocenters. The molecule has 2 aliphatic rings. The van der Waals surface area contributed by atoms with Gasteiger partial charge in [0.05, 0.1) is 24.2 Å². The lowest BCUT2D eigenvalue weighted by Gasteiger charge is -2.30. The minimum absolute atomic E-state index is 0.0520. The number of hydrogen-bond donors (Lipinski definition) is 2. The van der Waals surface area contributed by atoms with Crippen molar-refractivity contribution in [2.24, 2.45) is 0 Å². The smallest absolute Gasteiger partial charge is 0.275 e. The number of ether oxygens (including phenoxy) is 1. The van der Waals surface area contributed by atoms with Crippen LogP contribution in [0.1, 0.15) is 65.3 Å². The number of nitriles is 2. The first kappa shape index (κ1) is 26.0. The number of allylic oxidation sites excluding steroid dienone is 1. The largest absolute Gasteiger partial charge is 0.438 e. The highest BCUT2D eigenvalue weighted by molar-refractivity contribution is 5.98. The van der Waals surface area contributed by atoms with Crippen LogP contribution in [0.2, 0.25) is 0 Å². The van der Waals surface area contributed by atoms with E-state index in [2.05, 4.69) is 21.4 Å². The fraction of sp³-hybridized carbons (Fsp3) is 0.423. The lowest BCUT2D eigenvalue weighted by molar-refractivity contribution is -0.0871. The number of nitrogens with zero attached hydrogens (tertiary/aromatic N) is 5. The minimum Gasteiger partial charge on any atom is -0.438 e. The lowest BCUT2D eigenvalue weighted by atomic mass is 10.0. The fourth-order valence-corrected chi connectivity index (χ4v) is 4.60. The molecule has 2 heterocycles. The molecule has 2 N–H and O–H groups in total. The molecule has 1 aliphatic carbocycles. The number of amides is 1. The maximum Gasteiger partial charge on any atom is 0.275 e. The van der Waals surface area contributed by atoms with Gasteiger partial charge in [0.15, 0.2) is 5.72 Å². The predicted octanol–water partition coefficient (Wildman–Crippen LogP) is 4.56. The van der Waals surface area contributed by atoms with E-state index >= 15 is 0 Å². The SMILES string of the molecule is Cc1cc(/C=C/C#N)cc(C)c1Oc1nc(NC2(CCC#N)CC2)nc2c1C(C)(O)N(CC(F)F)C2=O. The van der Waals surface area contributed by atoms with E-state index in [1.807, 2.05) is 6.07 Å². The second kappa shape index (κ2) is 9.75. The molecule has 37 heavy (non-hydrogen) atoms. The van der Waals surface area contributed by atoms with Gasteiger partial charge in [-0.25, -0.2) is 13.8 Å². The Hall–Kier alpha value is -4.09. The van der Waals surface area contributed by atoms with Crippen LogP contribution in [-0.2, 0) is 5.72 Å². The van der Waals surface area contributed by atoms with Crippen molar-refractivity contribution in [3.63, 3.8) is 0 Å². The summed E-state index contributed by atoms with van der Waals surface area (Å²) in [7, 11) is 0. The summed E-state index contributed by atoms with van der Waals surface area (Å²) < 4.78 is 32.8. The van der Waals surface area contributed by atoms with Crippen molar-refractivity contribution < 1.29 is 23.4 Å². The van der Waals surface area contributed by atoms with Crippen LogP contribution in [0.15, 0.2) is 18.2 Å². The van der Waals surface area contributed by atoms with Crippen LogP contribution in [0.5, 0.6) is 11.6 Å². The van der Waals surface area contributed by atoms with Crippen molar-refractivity contribution in [2.75, 3.05) is 11.9 Å². The third-order valence-corrected chi connectivity index (χ3v) is 6.62. The molecular weight excluding hydrogens is 482 g/mol. The van der Waals surface area contributed by atoms with Gasteiger partial charge in [0.2, 0.25) is 11.8 Å². The highest BCUT2D eigenvalue weighted by Crippen LogP contribution is 2.46. The second-order valence-electron chi connectivity index (χ2n) is 9.52. The Kier molecular flexibility index (Phi) is 6.85. The van der Waals surface area contributed by atoms with Gasteiger partial charge in [0, 0.05) is 18.0 Å². The number of anilines is 1. The van der Waals surface area contributed by atoms with Crippen LogP contribution >= 0.6 is 0 Å². The van der Waals surface area contributed by atoms with E-state index in [1.54, 1.807) is 32.1 Å². The zero-order chi connectivity index (χ0) is 27.0. The van der Waals surface area contributed by atoms with Gasteiger partial charge in [-0.1, -0.05) is 0 Å². The normalized spacial score (nSPS) is 19.6. The number of aromatic nitrogens is 2. The van der Waals surface area contributed by atoms with Crippen LogP contribution in [0.4, 0.5) is 14.7 Å². The van der Waals surface area contributed by atoms with Crippen LogP contribution < -0.4 is 10.1 Å².